The highest BCUT2D eigenvalue weighted by Gasteiger charge is 2.36. The molecule has 1 aromatic carbocycles. The average molecular weight is 363 g/mol. The third-order valence-electron chi connectivity index (χ3n) is 4.33. The first-order valence-electron chi connectivity index (χ1n) is 7.85. The molecule has 2 heterocycles. The van der Waals surface area contributed by atoms with Gasteiger partial charge < -0.3 is 10.3 Å². The smallest absolute Gasteiger partial charge is 0.269 e. The Kier molecular flexibility index (Phi) is 4.99. The molecule has 1 fully saturated rings. The zero-order chi connectivity index (χ0) is 15.7. The Morgan fingerprint density at radius 2 is 1.92 bits per heavy atom. The molecule has 0 saturated heterocycles. The standard InChI is InChI=1S/C17H18N4OS.ClH/c18-17(8-4-5-9-17)16-20-15(22-21-16)13-11-19-14(23-13)10-12-6-2-1-3-7-12;/h1-3,6-7,11H,4-5,8-10,18H2;1H. The van der Waals surface area contributed by atoms with E-state index in [0.29, 0.717) is 11.7 Å². The van der Waals surface area contributed by atoms with Crippen LogP contribution in [0.15, 0.2) is 41.1 Å². The molecule has 2 aromatic heterocycles. The molecule has 0 spiro atoms. The van der Waals surface area contributed by atoms with Crippen molar-refractivity contribution in [2.75, 3.05) is 0 Å². The SMILES string of the molecule is Cl.NC1(c2noc(-c3cnc(Cc4ccccc4)s3)n2)CCCC1. The summed E-state index contributed by atoms with van der Waals surface area (Å²) in [6.45, 7) is 0. The Bertz CT molecular complexity index is 796. The van der Waals surface area contributed by atoms with Gasteiger partial charge in [0, 0.05) is 6.42 Å². The molecular weight excluding hydrogens is 344 g/mol. The summed E-state index contributed by atoms with van der Waals surface area (Å²) in [7, 11) is 0. The molecule has 2 N–H and O–H groups in total. The molecule has 5 nitrogen and oxygen atoms in total. The fourth-order valence-corrected chi connectivity index (χ4v) is 3.89. The van der Waals surface area contributed by atoms with Gasteiger partial charge in [0.1, 0.15) is 4.88 Å². The second-order valence-electron chi connectivity index (χ2n) is 6.07. The molecule has 1 aliphatic rings. The molecule has 24 heavy (non-hydrogen) atoms. The van der Waals surface area contributed by atoms with Gasteiger partial charge in [0.15, 0.2) is 5.82 Å². The molecule has 0 atom stereocenters. The van der Waals surface area contributed by atoms with Gasteiger partial charge in [-0.2, -0.15) is 4.98 Å². The van der Waals surface area contributed by atoms with Gasteiger partial charge >= 0.3 is 0 Å². The van der Waals surface area contributed by atoms with Crippen LogP contribution in [-0.2, 0) is 12.0 Å². The van der Waals surface area contributed by atoms with Crippen LogP contribution in [0, 0.1) is 0 Å². The van der Waals surface area contributed by atoms with Gasteiger partial charge in [-0.25, -0.2) is 4.98 Å². The summed E-state index contributed by atoms with van der Waals surface area (Å²) >= 11 is 1.59. The minimum Gasteiger partial charge on any atom is -0.333 e. The van der Waals surface area contributed by atoms with Crippen LogP contribution in [0.5, 0.6) is 0 Å². The molecule has 0 unspecified atom stereocenters. The molecule has 1 saturated carbocycles. The van der Waals surface area contributed by atoms with Crippen LogP contribution in [0.3, 0.4) is 0 Å². The number of halogens is 1. The van der Waals surface area contributed by atoms with E-state index in [0.717, 1.165) is 42.0 Å². The van der Waals surface area contributed by atoms with Gasteiger partial charge in [0.05, 0.1) is 16.7 Å². The van der Waals surface area contributed by atoms with Crippen molar-refractivity contribution in [1.29, 1.82) is 0 Å². The summed E-state index contributed by atoms with van der Waals surface area (Å²) < 4.78 is 5.42. The first-order valence-corrected chi connectivity index (χ1v) is 8.67. The van der Waals surface area contributed by atoms with Gasteiger partial charge in [0.25, 0.3) is 5.89 Å². The Morgan fingerprint density at radius 3 is 2.67 bits per heavy atom. The number of hydrogen-bond acceptors (Lipinski definition) is 6. The minimum absolute atomic E-state index is 0. The second-order valence-corrected chi connectivity index (χ2v) is 7.18. The fraction of sp³-hybridized carbons (Fsp3) is 0.353. The van der Waals surface area contributed by atoms with Crippen molar-refractivity contribution in [2.24, 2.45) is 5.73 Å². The van der Waals surface area contributed by atoms with Gasteiger partial charge in [0.2, 0.25) is 0 Å². The number of benzene rings is 1. The lowest BCUT2D eigenvalue weighted by Gasteiger charge is -2.17. The predicted molar refractivity (Wildman–Crippen MR) is 96.2 cm³/mol. The maximum Gasteiger partial charge on any atom is 0.269 e. The molecule has 3 aromatic rings. The zero-order valence-electron chi connectivity index (χ0n) is 13.1. The Balaban J connectivity index is 0.00000169. The molecule has 1 aliphatic carbocycles. The van der Waals surface area contributed by atoms with E-state index in [-0.39, 0.29) is 12.4 Å². The number of nitrogens with two attached hydrogens (primary N) is 1. The molecule has 4 rings (SSSR count). The third kappa shape index (κ3) is 3.36. The van der Waals surface area contributed by atoms with E-state index >= 15 is 0 Å². The number of nitrogens with zero attached hydrogens (tertiary/aromatic N) is 3. The number of hydrogen-bond donors (Lipinski definition) is 1. The van der Waals surface area contributed by atoms with Crippen LogP contribution in [0.4, 0.5) is 0 Å². The van der Waals surface area contributed by atoms with Gasteiger partial charge in [-0.15, -0.1) is 23.7 Å². The summed E-state index contributed by atoms with van der Waals surface area (Å²) in [4.78, 5) is 9.89. The van der Waals surface area contributed by atoms with E-state index in [9.17, 15) is 0 Å². The highest BCUT2D eigenvalue weighted by Crippen LogP contribution is 2.36. The number of aromatic nitrogens is 3. The van der Waals surface area contributed by atoms with E-state index in [1.54, 1.807) is 17.5 Å². The Hall–Kier alpha value is -1.76. The fourth-order valence-electron chi connectivity index (χ4n) is 3.02. The molecule has 0 amide bonds. The van der Waals surface area contributed by atoms with Crippen molar-refractivity contribution >= 4 is 23.7 Å². The van der Waals surface area contributed by atoms with Crippen LogP contribution in [-0.4, -0.2) is 15.1 Å². The lowest BCUT2D eigenvalue weighted by atomic mass is 9.99. The first-order chi connectivity index (χ1) is 11.2. The maximum atomic E-state index is 6.38. The van der Waals surface area contributed by atoms with Gasteiger partial charge in [-0.1, -0.05) is 48.3 Å². The quantitative estimate of drug-likeness (QED) is 0.760. The van der Waals surface area contributed by atoms with Crippen LogP contribution in [0.2, 0.25) is 0 Å². The summed E-state index contributed by atoms with van der Waals surface area (Å²) in [6, 6.07) is 10.3. The van der Waals surface area contributed by atoms with Crippen LogP contribution in [0.1, 0.15) is 42.1 Å². The Morgan fingerprint density at radius 1 is 1.17 bits per heavy atom. The molecule has 0 aliphatic heterocycles. The number of rotatable bonds is 4. The molecule has 126 valence electrons. The normalized spacial score (nSPS) is 16.0. The summed E-state index contributed by atoms with van der Waals surface area (Å²) in [5.41, 5.74) is 7.21. The lowest BCUT2D eigenvalue weighted by Crippen LogP contribution is -2.34. The van der Waals surface area contributed by atoms with Crippen LogP contribution < -0.4 is 5.73 Å². The average Bonchev–Trinajstić information content (AvgIpc) is 3.28. The summed E-state index contributed by atoms with van der Waals surface area (Å²) in [6.07, 6.45) is 6.72. The maximum absolute atomic E-state index is 6.38. The molecule has 0 bridgehead atoms. The highest BCUT2D eigenvalue weighted by atomic mass is 35.5. The summed E-state index contributed by atoms with van der Waals surface area (Å²) in [5, 5.41) is 5.14. The highest BCUT2D eigenvalue weighted by molar-refractivity contribution is 7.15. The van der Waals surface area contributed by atoms with Crippen molar-refractivity contribution in [3.8, 4) is 10.8 Å². The van der Waals surface area contributed by atoms with E-state index < -0.39 is 5.54 Å². The predicted octanol–water partition coefficient (Wildman–Crippen LogP) is 3.93. The van der Waals surface area contributed by atoms with Crippen molar-refractivity contribution in [3.05, 3.63) is 52.9 Å². The minimum atomic E-state index is -0.417. The van der Waals surface area contributed by atoms with Gasteiger partial charge in [-0.05, 0) is 18.4 Å². The van der Waals surface area contributed by atoms with Crippen molar-refractivity contribution < 1.29 is 4.52 Å². The van der Waals surface area contributed by atoms with Crippen molar-refractivity contribution in [3.63, 3.8) is 0 Å². The molecule has 7 heteroatoms. The largest absolute Gasteiger partial charge is 0.333 e. The van der Waals surface area contributed by atoms with Gasteiger partial charge in [-0.3, -0.25) is 0 Å². The first kappa shape index (κ1) is 17.1. The monoisotopic (exact) mass is 362 g/mol. The van der Waals surface area contributed by atoms with E-state index in [4.69, 9.17) is 10.3 Å². The van der Waals surface area contributed by atoms with Crippen LogP contribution >= 0.6 is 23.7 Å². The van der Waals surface area contributed by atoms with E-state index in [2.05, 4.69) is 27.3 Å². The zero-order valence-corrected chi connectivity index (χ0v) is 14.8. The third-order valence-corrected chi connectivity index (χ3v) is 5.31. The summed E-state index contributed by atoms with van der Waals surface area (Å²) in [5.74, 6) is 1.15. The topological polar surface area (TPSA) is 77.8 Å². The van der Waals surface area contributed by atoms with Crippen molar-refractivity contribution in [2.45, 2.75) is 37.6 Å². The number of thiazole rings is 1. The van der Waals surface area contributed by atoms with E-state index in [1.165, 1.54) is 5.56 Å². The second kappa shape index (κ2) is 7.01. The molecular formula is C17H19ClN4OS. The Labute approximate surface area is 150 Å². The van der Waals surface area contributed by atoms with E-state index in [1.807, 2.05) is 18.2 Å². The molecule has 0 radical (unpaired) electrons. The van der Waals surface area contributed by atoms with Crippen molar-refractivity contribution in [1.82, 2.24) is 15.1 Å². The lowest BCUT2D eigenvalue weighted by molar-refractivity contribution is 0.373. The van der Waals surface area contributed by atoms with Crippen LogP contribution in [0.25, 0.3) is 10.8 Å².